The molecule has 9 nitrogen and oxygen atoms in total. The van der Waals surface area contributed by atoms with Gasteiger partial charge in [0.15, 0.2) is 0 Å². The molecule has 0 amide bonds. The Morgan fingerprint density at radius 2 is 1.03 bits per heavy atom. The second-order valence-electron chi connectivity index (χ2n) is 21.2. The van der Waals surface area contributed by atoms with Crippen molar-refractivity contribution in [3.8, 4) is 11.5 Å². The number of carbonyl (C=O) groups is 2. The van der Waals surface area contributed by atoms with Crippen LogP contribution in [0.5, 0.6) is 11.5 Å². The molecular weight excluding hydrogens is 837 g/mol. The Morgan fingerprint density at radius 1 is 0.582 bits per heavy atom. The summed E-state index contributed by atoms with van der Waals surface area (Å²) in [5.74, 6) is 5.36. The number of aromatic hydroxyl groups is 1. The summed E-state index contributed by atoms with van der Waals surface area (Å²) in [5, 5.41) is 23.9. The van der Waals surface area contributed by atoms with Crippen molar-refractivity contribution in [2.75, 3.05) is 39.4 Å². The number of aliphatic hydroxyl groups is 1. The zero-order valence-electron chi connectivity index (χ0n) is 42.3. The summed E-state index contributed by atoms with van der Waals surface area (Å²) in [7, 11) is 0. The Hall–Kier alpha value is -4.18. The van der Waals surface area contributed by atoms with E-state index >= 15 is 0 Å². The molecule has 4 aliphatic rings. The van der Waals surface area contributed by atoms with Crippen LogP contribution in [-0.4, -0.2) is 83.6 Å². The topological polar surface area (TPSA) is 109 Å². The van der Waals surface area contributed by atoms with Gasteiger partial charge in [-0.15, -0.1) is 0 Å². The maximum atomic E-state index is 12.0. The molecule has 0 aromatic heterocycles. The number of fused-ring (bicyclic) bond motifs is 2. The van der Waals surface area contributed by atoms with Gasteiger partial charge in [0.2, 0.25) is 0 Å². The van der Waals surface area contributed by atoms with Gasteiger partial charge < -0.3 is 24.4 Å². The standard InChI is InChI=1S/C29H41NO3.C19H23NO3.C10H20O/c1-5-32-29(31)23-12-14-30(15-13-23)19-22-7-8-25-18-26(10-9-24(25)17-22)33-28-16-21(4)6-11-27(28)20(2)3;1-2-23-19(22)15-7-9-20(10-8-15)13-14-3-4-17-12-18(21)6-5-16(17)11-14;1-7(2)9-5-4-8(3)6-10(9)11/h7-10,17-18,20-21,23,27-28H,5-6,11-16,19H2,1-4H3;3-6,11-12,15,21H,2,7-10,13H2,1H3;7-11H,4-6H2,1-3H3/t21-,27+,28-;;8-,9+,10+/m1.1/s1. The van der Waals surface area contributed by atoms with Gasteiger partial charge in [-0.05, 0) is 196 Å². The molecular formula is C58H84N2O7. The molecule has 368 valence electrons. The molecule has 9 heteroatoms. The van der Waals surface area contributed by atoms with Crippen molar-refractivity contribution in [1.82, 2.24) is 9.80 Å². The summed E-state index contributed by atoms with van der Waals surface area (Å²) in [6.45, 7) is 23.9. The van der Waals surface area contributed by atoms with Crippen LogP contribution in [0.15, 0.2) is 72.8 Å². The van der Waals surface area contributed by atoms with Crippen LogP contribution < -0.4 is 4.74 Å². The van der Waals surface area contributed by atoms with Crippen molar-refractivity contribution >= 4 is 33.5 Å². The van der Waals surface area contributed by atoms with Crippen LogP contribution in [0.25, 0.3) is 21.5 Å². The minimum atomic E-state index is -0.0438. The highest BCUT2D eigenvalue weighted by atomic mass is 16.5. The van der Waals surface area contributed by atoms with E-state index in [1.54, 1.807) is 12.1 Å². The van der Waals surface area contributed by atoms with Gasteiger partial charge in [-0.1, -0.05) is 90.8 Å². The predicted molar refractivity (Wildman–Crippen MR) is 272 cm³/mol. The lowest BCUT2D eigenvalue weighted by molar-refractivity contribution is -0.150. The number of aliphatic hydroxyl groups excluding tert-OH is 1. The minimum absolute atomic E-state index is 0.0247. The van der Waals surface area contributed by atoms with Gasteiger partial charge in [-0.25, -0.2) is 0 Å². The first-order valence-corrected chi connectivity index (χ1v) is 26.1. The van der Waals surface area contributed by atoms with Crippen molar-refractivity contribution in [3.63, 3.8) is 0 Å². The number of carbonyl (C=O) groups excluding carboxylic acids is 2. The Bertz CT molecular complexity index is 2160. The van der Waals surface area contributed by atoms with E-state index in [9.17, 15) is 19.8 Å². The van der Waals surface area contributed by atoms with Crippen LogP contribution >= 0.6 is 0 Å². The number of hydrogen-bond acceptors (Lipinski definition) is 9. The zero-order valence-corrected chi connectivity index (χ0v) is 42.3. The predicted octanol–water partition coefficient (Wildman–Crippen LogP) is 12.2. The number of phenolic OH excluding ortho intramolecular Hbond substituents is 1. The Morgan fingerprint density at radius 3 is 1.52 bits per heavy atom. The van der Waals surface area contributed by atoms with Gasteiger partial charge in [0.1, 0.15) is 17.6 Å². The van der Waals surface area contributed by atoms with Crippen molar-refractivity contribution < 1.29 is 34.0 Å². The molecule has 2 heterocycles. The molecule has 2 aliphatic carbocycles. The fourth-order valence-electron chi connectivity index (χ4n) is 11.1. The Labute approximate surface area is 402 Å². The average Bonchev–Trinajstić information content (AvgIpc) is 3.30. The lowest BCUT2D eigenvalue weighted by Crippen LogP contribution is -2.36. The smallest absolute Gasteiger partial charge is 0.309 e. The number of phenols is 1. The summed E-state index contributed by atoms with van der Waals surface area (Å²) >= 11 is 0. The number of likely N-dealkylation sites (tertiary alicyclic amines) is 2. The van der Waals surface area contributed by atoms with Gasteiger partial charge in [0, 0.05) is 13.1 Å². The second kappa shape index (κ2) is 25.4. The van der Waals surface area contributed by atoms with Crippen molar-refractivity contribution in [2.24, 2.45) is 47.3 Å². The van der Waals surface area contributed by atoms with E-state index in [0.29, 0.717) is 48.7 Å². The molecule has 0 radical (unpaired) electrons. The van der Waals surface area contributed by atoms with Gasteiger partial charge in [-0.2, -0.15) is 0 Å². The first kappa shape index (κ1) is 52.2. The molecule has 4 aromatic rings. The van der Waals surface area contributed by atoms with Crippen LogP contribution in [0.3, 0.4) is 0 Å². The second-order valence-corrected chi connectivity index (χ2v) is 21.2. The molecule has 4 fully saturated rings. The molecule has 67 heavy (non-hydrogen) atoms. The Kier molecular flexibility index (Phi) is 19.8. The molecule has 0 unspecified atom stereocenters. The largest absolute Gasteiger partial charge is 0.508 e. The Balaban J connectivity index is 0.000000188. The maximum absolute atomic E-state index is 12.0. The maximum Gasteiger partial charge on any atom is 0.309 e. The zero-order chi connectivity index (χ0) is 48.0. The van der Waals surface area contributed by atoms with E-state index in [1.807, 2.05) is 19.9 Å². The normalized spacial score (nSPS) is 24.4. The summed E-state index contributed by atoms with van der Waals surface area (Å²) in [6.07, 6.45) is 11.1. The molecule has 2 N–H and O–H groups in total. The average molecular weight is 921 g/mol. The third-order valence-electron chi connectivity index (χ3n) is 15.2. The van der Waals surface area contributed by atoms with E-state index in [-0.39, 0.29) is 29.9 Å². The molecule has 0 bridgehead atoms. The van der Waals surface area contributed by atoms with Crippen LogP contribution in [0.1, 0.15) is 131 Å². The molecule has 2 aliphatic heterocycles. The van der Waals surface area contributed by atoms with Crippen LogP contribution in [-0.2, 0) is 32.2 Å². The molecule has 4 aromatic carbocycles. The van der Waals surface area contributed by atoms with E-state index in [1.165, 1.54) is 47.6 Å². The van der Waals surface area contributed by atoms with Crippen molar-refractivity contribution in [3.05, 3.63) is 83.9 Å². The summed E-state index contributed by atoms with van der Waals surface area (Å²) in [5.41, 5.74) is 2.59. The fraction of sp³-hybridized carbons (Fsp3) is 0.621. The van der Waals surface area contributed by atoms with E-state index in [2.05, 4.69) is 106 Å². The number of ether oxygens (including phenoxy) is 3. The van der Waals surface area contributed by atoms with Crippen molar-refractivity contribution in [2.45, 2.75) is 145 Å². The number of piperidine rings is 2. The number of nitrogens with zero attached hydrogens (tertiary/aromatic N) is 2. The monoisotopic (exact) mass is 921 g/mol. The van der Waals surface area contributed by atoms with E-state index in [4.69, 9.17) is 14.2 Å². The van der Waals surface area contributed by atoms with Gasteiger partial charge in [0.25, 0.3) is 0 Å². The third kappa shape index (κ3) is 15.4. The number of esters is 2. The first-order chi connectivity index (χ1) is 32.2. The molecule has 8 rings (SSSR count). The van der Waals surface area contributed by atoms with Crippen molar-refractivity contribution in [1.29, 1.82) is 0 Å². The SMILES string of the molecule is CC(C)[C@@H]1CC[C@@H](C)C[C@@H]1O.CCOC(=O)C1CCN(Cc2ccc3cc(O)ccc3c2)CC1.CCOC(=O)C1CCN(Cc2ccc3cc(O[C@@H]4C[C@H](C)CC[C@H]4C(C)C)ccc3c2)CC1. The highest BCUT2D eigenvalue weighted by Gasteiger charge is 2.33. The number of hydrogen-bond donors (Lipinski definition) is 2. The lowest BCUT2D eigenvalue weighted by atomic mass is 9.75. The van der Waals surface area contributed by atoms with Gasteiger partial charge >= 0.3 is 11.9 Å². The molecule has 6 atom stereocenters. The van der Waals surface area contributed by atoms with Crippen LogP contribution in [0.4, 0.5) is 0 Å². The number of benzene rings is 4. The third-order valence-corrected chi connectivity index (χ3v) is 15.2. The van der Waals surface area contributed by atoms with Gasteiger partial charge in [-0.3, -0.25) is 19.4 Å². The highest BCUT2D eigenvalue weighted by molar-refractivity contribution is 5.85. The minimum Gasteiger partial charge on any atom is -0.508 e. The highest BCUT2D eigenvalue weighted by Crippen LogP contribution is 2.37. The molecule has 0 spiro atoms. The molecule has 2 saturated carbocycles. The number of rotatable bonds is 12. The van der Waals surface area contributed by atoms with E-state index in [0.717, 1.165) is 106 Å². The van der Waals surface area contributed by atoms with E-state index < -0.39 is 0 Å². The summed E-state index contributed by atoms with van der Waals surface area (Å²) < 4.78 is 16.9. The first-order valence-electron chi connectivity index (χ1n) is 26.1. The fourth-order valence-corrected chi connectivity index (χ4v) is 11.1. The van der Waals surface area contributed by atoms with Crippen LogP contribution in [0.2, 0.25) is 0 Å². The summed E-state index contributed by atoms with van der Waals surface area (Å²) in [6, 6.07) is 25.1. The molecule has 2 saturated heterocycles. The quantitative estimate of drug-likeness (QED) is 0.134. The lowest BCUT2D eigenvalue weighted by Gasteiger charge is -2.37. The van der Waals surface area contributed by atoms with Crippen LogP contribution in [0, 0.1) is 47.3 Å². The summed E-state index contributed by atoms with van der Waals surface area (Å²) in [4.78, 5) is 28.6. The van der Waals surface area contributed by atoms with Gasteiger partial charge in [0.05, 0.1) is 31.2 Å².